The summed E-state index contributed by atoms with van der Waals surface area (Å²) in [6.07, 6.45) is 1.12. The highest BCUT2D eigenvalue weighted by Gasteiger charge is 2.18. The molecule has 0 nitrogen and oxygen atoms in total. The molecule has 0 spiro atoms. The zero-order chi connectivity index (χ0) is 17.8. The standard InChI is InChI=1S/C25H28/c1-18-8-12-22(13-9-18)25(23-14-10-19(2)11-15-23)17-21(4)24-7-5-6-20(3)16-24/h5-16,21,25H,17H2,1-4H3. The Morgan fingerprint density at radius 3 is 1.60 bits per heavy atom. The summed E-state index contributed by atoms with van der Waals surface area (Å²) in [5.74, 6) is 0.948. The van der Waals surface area contributed by atoms with Gasteiger partial charge in [-0.25, -0.2) is 0 Å². The predicted octanol–water partition coefficient (Wildman–Crippen LogP) is 6.94. The van der Waals surface area contributed by atoms with Crippen molar-refractivity contribution in [1.82, 2.24) is 0 Å². The Balaban J connectivity index is 1.93. The van der Waals surface area contributed by atoms with E-state index < -0.39 is 0 Å². The molecule has 0 aliphatic rings. The van der Waals surface area contributed by atoms with Gasteiger partial charge in [-0.1, -0.05) is 96.4 Å². The van der Waals surface area contributed by atoms with Crippen LogP contribution in [0.5, 0.6) is 0 Å². The van der Waals surface area contributed by atoms with Crippen LogP contribution in [0.4, 0.5) is 0 Å². The quantitative estimate of drug-likeness (QED) is 0.476. The first kappa shape index (κ1) is 17.5. The van der Waals surface area contributed by atoms with Gasteiger partial charge in [0.05, 0.1) is 0 Å². The van der Waals surface area contributed by atoms with Crippen LogP contribution >= 0.6 is 0 Å². The molecule has 1 atom stereocenters. The van der Waals surface area contributed by atoms with Gasteiger partial charge in [0.25, 0.3) is 0 Å². The molecule has 0 heteroatoms. The maximum absolute atomic E-state index is 2.35. The lowest BCUT2D eigenvalue weighted by Crippen LogP contribution is -2.06. The molecule has 128 valence electrons. The van der Waals surface area contributed by atoms with Crippen molar-refractivity contribution in [3.63, 3.8) is 0 Å². The van der Waals surface area contributed by atoms with Crippen molar-refractivity contribution >= 4 is 0 Å². The first-order chi connectivity index (χ1) is 12.0. The van der Waals surface area contributed by atoms with E-state index in [-0.39, 0.29) is 0 Å². The van der Waals surface area contributed by atoms with E-state index in [0.717, 1.165) is 6.42 Å². The third-order valence-electron chi connectivity index (χ3n) is 5.16. The summed E-state index contributed by atoms with van der Waals surface area (Å²) in [6.45, 7) is 8.83. The van der Waals surface area contributed by atoms with Gasteiger partial charge in [0.1, 0.15) is 0 Å². The fraction of sp³-hybridized carbons (Fsp3) is 0.280. The third-order valence-corrected chi connectivity index (χ3v) is 5.16. The highest BCUT2D eigenvalue weighted by Crippen LogP contribution is 2.35. The van der Waals surface area contributed by atoms with Crippen molar-refractivity contribution in [1.29, 1.82) is 0 Å². The molecule has 25 heavy (non-hydrogen) atoms. The van der Waals surface area contributed by atoms with E-state index in [1.165, 1.54) is 33.4 Å². The summed E-state index contributed by atoms with van der Waals surface area (Å²) >= 11 is 0. The zero-order valence-electron chi connectivity index (χ0n) is 15.8. The lowest BCUT2D eigenvalue weighted by atomic mass is 9.81. The molecule has 0 fully saturated rings. The summed E-state index contributed by atoms with van der Waals surface area (Å²) in [4.78, 5) is 0. The normalized spacial score (nSPS) is 12.4. The third kappa shape index (κ3) is 4.39. The minimum Gasteiger partial charge on any atom is -0.0617 e. The Kier molecular flexibility index (Phi) is 5.38. The second-order valence-corrected chi connectivity index (χ2v) is 7.42. The van der Waals surface area contributed by atoms with Crippen LogP contribution in [0.2, 0.25) is 0 Å². The van der Waals surface area contributed by atoms with E-state index >= 15 is 0 Å². The minimum absolute atomic E-state index is 0.428. The van der Waals surface area contributed by atoms with Gasteiger partial charge < -0.3 is 0 Å². The molecule has 0 aliphatic heterocycles. The topological polar surface area (TPSA) is 0 Å². The Morgan fingerprint density at radius 2 is 1.12 bits per heavy atom. The molecule has 0 radical (unpaired) electrons. The minimum atomic E-state index is 0.428. The summed E-state index contributed by atoms with van der Waals surface area (Å²) in [7, 11) is 0. The smallest absolute Gasteiger partial charge is 0.00950 e. The Labute approximate surface area is 152 Å². The Bertz CT molecular complexity index is 764. The molecule has 0 aliphatic carbocycles. The SMILES string of the molecule is Cc1ccc(C(CC(C)c2cccc(C)c2)c2ccc(C)cc2)cc1. The van der Waals surface area contributed by atoms with Crippen LogP contribution in [-0.4, -0.2) is 0 Å². The van der Waals surface area contributed by atoms with E-state index in [0.29, 0.717) is 11.8 Å². The van der Waals surface area contributed by atoms with Crippen molar-refractivity contribution in [2.24, 2.45) is 0 Å². The molecule has 0 N–H and O–H groups in total. The number of rotatable bonds is 5. The van der Waals surface area contributed by atoms with Crippen LogP contribution in [0.25, 0.3) is 0 Å². The van der Waals surface area contributed by atoms with E-state index in [1.54, 1.807) is 0 Å². The van der Waals surface area contributed by atoms with Gasteiger partial charge in [-0.2, -0.15) is 0 Å². The van der Waals surface area contributed by atoms with Gasteiger partial charge in [0.15, 0.2) is 0 Å². The van der Waals surface area contributed by atoms with E-state index in [4.69, 9.17) is 0 Å². The highest BCUT2D eigenvalue weighted by molar-refractivity contribution is 5.36. The molecule has 0 saturated carbocycles. The number of hydrogen-bond acceptors (Lipinski definition) is 0. The van der Waals surface area contributed by atoms with Gasteiger partial charge in [0.2, 0.25) is 0 Å². The molecule has 1 unspecified atom stereocenters. The second-order valence-electron chi connectivity index (χ2n) is 7.42. The van der Waals surface area contributed by atoms with Crippen molar-refractivity contribution in [2.45, 2.75) is 46.0 Å². The maximum atomic E-state index is 2.35. The molecule has 0 heterocycles. The molecule has 0 amide bonds. The van der Waals surface area contributed by atoms with Gasteiger partial charge in [-0.05, 0) is 49.8 Å². The number of aryl methyl sites for hydroxylation is 3. The molecular formula is C25H28. The molecule has 0 bridgehead atoms. The summed E-state index contributed by atoms with van der Waals surface area (Å²) < 4.78 is 0. The monoisotopic (exact) mass is 328 g/mol. The lowest BCUT2D eigenvalue weighted by Gasteiger charge is -2.23. The van der Waals surface area contributed by atoms with Crippen molar-refractivity contribution in [3.8, 4) is 0 Å². The van der Waals surface area contributed by atoms with Crippen LogP contribution in [-0.2, 0) is 0 Å². The average molecular weight is 328 g/mol. The van der Waals surface area contributed by atoms with Gasteiger partial charge >= 0.3 is 0 Å². The highest BCUT2D eigenvalue weighted by atomic mass is 14.2. The fourth-order valence-electron chi connectivity index (χ4n) is 3.53. The second kappa shape index (κ2) is 7.70. The van der Waals surface area contributed by atoms with Crippen LogP contribution < -0.4 is 0 Å². The van der Waals surface area contributed by atoms with Crippen molar-refractivity contribution < 1.29 is 0 Å². The van der Waals surface area contributed by atoms with E-state index in [9.17, 15) is 0 Å². The Hall–Kier alpha value is -2.34. The van der Waals surface area contributed by atoms with Crippen LogP contribution in [0, 0.1) is 20.8 Å². The maximum Gasteiger partial charge on any atom is 0.00950 e. The van der Waals surface area contributed by atoms with Crippen LogP contribution in [0.15, 0.2) is 72.8 Å². The largest absolute Gasteiger partial charge is 0.0617 e. The average Bonchev–Trinajstić information content (AvgIpc) is 2.61. The van der Waals surface area contributed by atoms with E-state index in [1.807, 2.05) is 0 Å². The molecular weight excluding hydrogens is 300 g/mol. The van der Waals surface area contributed by atoms with Gasteiger partial charge in [-0.15, -0.1) is 0 Å². The van der Waals surface area contributed by atoms with Crippen molar-refractivity contribution in [3.05, 3.63) is 106 Å². The molecule has 3 aromatic carbocycles. The van der Waals surface area contributed by atoms with Gasteiger partial charge in [0, 0.05) is 5.92 Å². The molecule has 3 rings (SSSR count). The first-order valence-electron chi connectivity index (χ1n) is 9.22. The zero-order valence-corrected chi connectivity index (χ0v) is 15.8. The molecule has 0 saturated heterocycles. The molecule has 3 aromatic rings. The van der Waals surface area contributed by atoms with Crippen LogP contribution in [0.1, 0.15) is 58.6 Å². The van der Waals surface area contributed by atoms with Crippen molar-refractivity contribution in [2.75, 3.05) is 0 Å². The summed E-state index contributed by atoms with van der Waals surface area (Å²) in [6, 6.07) is 27.0. The number of benzene rings is 3. The summed E-state index contributed by atoms with van der Waals surface area (Å²) in [5.41, 5.74) is 8.23. The number of hydrogen-bond donors (Lipinski definition) is 0. The first-order valence-corrected chi connectivity index (χ1v) is 9.22. The summed E-state index contributed by atoms with van der Waals surface area (Å²) in [5, 5.41) is 0. The molecule has 0 aromatic heterocycles. The Morgan fingerprint density at radius 1 is 0.600 bits per heavy atom. The van der Waals surface area contributed by atoms with E-state index in [2.05, 4.69) is 100 Å². The van der Waals surface area contributed by atoms with Crippen LogP contribution in [0.3, 0.4) is 0 Å². The predicted molar refractivity (Wildman–Crippen MR) is 108 cm³/mol. The lowest BCUT2D eigenvalue weighted by molar-refractivity contribution is 0.616. The van der Waals surface area contributed by atoms with Gasteiger partial charge in [-0.3, -0.25) is 0 Å². The fourth-order valence-corrected chi connectivity index (χ4v) is 3.53.